The lowest BCUT2D eigenvalue weighted by atomic mass is 10.1. The van der Waals surface area contributed by atoms with Gasteiger partial charge in [-0.2, -0.15) is 5.10 Å². The van der Waals surface area contributed by atoms with Crippen LogP contribution in [0, 0.1) is 0 Å². The van der Waals surface area contributed by atoms with Crippen LogP contribution in [0.4, 0.5) is 5.69 Å². The highest BCUT2D eigenvalue weighted by Gasteiger charge is 2.21. The maximum Gasteiger partial charge on any atom is 0.223 e. The highest BCUT2D eigenvalue weighted by Crippen LogP contribution is 2.34. The van der Waals surface area contributed by atoms with Crippen molar-refractivity contribution in [2.24, 2.45) is 10.7 Å². The molecular weight excluding hydrogens is 204 g/mol. The summed E-state index contributed by atoms with van der Waals surface area (Å²) in [5.41, 5.74) is 7.28. The molecule has 0 saturated carbocycles. The second kappa shape index (κ2) is 3.10. The average molecular weight is 212 g/mol. The van der Waals surface area contributed by atoms with Crippen LogP contribution in [0.2, 0.25) is 0 Å². The summed E-state index contributed by atoms with van der Waals surface area (Å²) in [5.74, 6) is -0.412. The number of hydrogen-bond donors (Lipinski definition) is 1. The van der Waals surface area contributed by atoms with Crippen LogP contribution in [0.5, 0.6) is 0 Å². The van der Waals surface area contributed by atoms with Crippen molar-refractivity contribution in [1.82, 2.24) is 10.2 Å². The lowest BCUT2D eigenvalue weighted by Crippen LogP contribution is -2.16. The highest BCUT2D eigenvalue weighted by molar-refractivity contribution is 6.22. The van der Waals surface area contributed by atoms with E-state index in [0.29, 0.717) is 11.4 Å². The molecule has 0 aliphatic carbocycles. The van der Waals surface area contributed by atoms with Gasteiger partial charge < -0.3 is 5.73 Å². The van der Waals surface area contributed by atoms with Crippen LogP contribution >= 0.6 is 0 Å². The largest absolute Gasteiger partial charge is 0.369 e. The number of nitrogens with zero attached hydrogens (tertiary/aromatic N) is 3. The van der Waals surface area contributed by atoms with E-state index in [9.17, 15) is 4.79 Å². The van der Waals surface area contributed by atoms with Crippen molar-refractivity contribution in [3.63, 3.8) is 0 Å². The summed E-state index contributed by atoms with van der Waals surface area (Å²) in [6, 6.07) is 5.74. The van der Waals surface area contributed by atoms with Crippen molar-refractivity contribution in [3.05, 3.63) is 30.1 Å². The minimum absolute atomic E-state index is 0.0997. The summed E-state index contributed by atoms with van der Waals surface area (Å²) >= 11 is 0. The third kappa shape index (κ3) is 1.18. The van der Waals surface area contributed by atoms with Gasteiger partial charge in [-0.1, -0.05) is 12.1 Å². The van der Waals surface area contributed by atoms with E-state index < -0.39 is 5.91 Å². The Labute approximate surface area is 91.0 Å². The molecule has 1 aromatic heterocycles. The van der Waals surface area contributed by atoms with E-state index in [2.05, 4.69) is 15.2 Å². The molecule has 0 bridgehead atoms. The van der Waals surface area contributed by atoms with Crippen LogP contribution in [0.3, 0.4) is 0 Å². The van der Waals surface area contributed by atoms with E-state index in [1.807, 2.05) is 18.2 Å². The molecule has 2 heterocycles. The normalized spacial score (nSPS) is 12.9. The maximum atomic E-state index is 10.9. The molecular formula is C11H8N4O. The first-order valence-corrected chi connectivity index (χ1v) is 4.86. The van der Waals surface area contributed by atoms with Gasteiger partial charge in [0.1, 0.15) is 5.69 Å². The summed E-state index contributed by atoms with van der Waals surface area (Å²) in [4.78, 5) is 15.3. The molecule has 2 aromatic rings. The van der Waals surface area contributed by atoms with Crippen LogP contribution in [0.25, 0.3) is 10.8 Å². The molecule has 1 aliphatic rings. The Kier molecular flexibility index (Phi) is 1.73. The van der Waals surface area contributed by atoms with Gasteiger partial charge in [0.05, 0.1) is 24.0 Å². The first-order chi connectivity index (χ1) is 7.75. The second-order valence-corrected chi connectivity index (χ2v) is 3.64. The highest BCUT2D eigenvalue weighted by atomic mass is 16.1. The Morgan fingerprint density at radius 1 is 1.38 bits per heavy atom. The quantitative estimate of drug-likeness (QED) is 0.804. The summed E-state index contributed by atoms with van der Waals surface area (Å²) in [5, 5.41) is 9.85. The molecule has 0 radical (unpaired) electrons. The fourth-order valence-electron chi connectivity index (χ4n) is 1.90. The maximum absolute atomic E-state index is 10.9. The van der Waals surface area contributed by atoms with E-state index >= 15 is 0 Å². The third-order valence-electron chi connectivity index (χ3n) is 2.54. The predicted molar refractivity (Wildman–Crippen MR) is 59.5 cm³/mol. The van der Waals surface area contributed by atoms with Crippen LogP contribution < -0.4 is 5.73 Å². The van der Waals surface area contributed by atoms with Gasteiger partial charge in [-0.3, -0.25) is 4.79 Å². The number of amides is 1. The SMILES string of the molecule is NC(=O)CC1=Nc2cccc3cnnc1c23. The molecule has 2 N–H and O–H groups in total. The van der Waals surface area contributed by atoms with Gasteiger partial charge in [0.15, 0.2) is 0 Å². The molecule has 1 amide bonds. The molecule has 0 fully saturated rings. The van der Waals surface area contributed by atoms with Crippen LogP contribution in [-0.2, 0) is 4.79 Å². The molecule has 5 heteroatoms. The van der Waals surface area contributed by atoms with E-state index in [-0.39, 0.29) is 6.42 Å². The first-order valence-electron chi connectivity index (χ1n) is 4.86. The molecule has 0 unspecified atom stereocenters. The van der Waals surface area contributed by atoms with Crippen molar-refractivity contribution in [3.8, 4) is 0 Å². The molecule has 0 atom stereocenters. The van der Waals surface area contributed by atoms with Crippen LogP contribution in [0.1, 0.15) is 12.1 Å². The van der Waals surface area contributed by atoms with Crippen LogP contribution in [0.15, 0.2) is 29.4 Å². The number of benzene rings is 1. The van der Waals surface area contributed by atoms with E-state index in [1.165, 1.54) is 0 Å². The Bertz CT molecular complexity index is 628. The minimum atomic E-state index is -0.412. The van der Waals surface area contributed by atoms with Gasteiger partial charge in [0, 0.05) is 10.8 Å². The van der Waals surface area contributed by atoms with Crippen molar-refractivity contribution in [2.45, 2.75) is 6.42 Å². The topological polar surface area (TPSA) is 81.2 Å². The second-order valence-electron chi connectivity index (χ2n) is 3.64. The first kappa shape index (κ1) is 8.96. The van der Waals surface area contributed by atoms with Gasteiger partial charge >= 0.3 is 0 Å². The van der Waals surface area contributed by atoms with Crippen LogP contribution in [-0.4, -0.2) is 21.8 Å². The van der Waals surface area contributed by atoms with Gasteiger partial charge in [0.25, 0.3) is 0 Å². The number of primary amides is 1. The summed E-state index contributed by atoms with van der Waals surface area (Å²) in [6.45, 7) is 0. The Balaban J connectivity index is 2.25. The molecule has 16 heavy (non-hydrogen) atoms. The molecule has 5 nitrogen and oxygen atoms in total. The molecule has 0 spiro atoms. The summed E-state index contributed by atoms with van der Waals surface area (Å²) in [6.07, 6.45) is 1.79. The Morgan fingerprint density at radius 2 is 2.25 bits per heavy atom. The number of carbonyl (C=O) groups excluding carboxylic acids is 1. The van der Waals surface area contributed by atoms with Gasteiger partial charge in [-0.15, -0.1) is 5.10 Å². The smallest absolute Gasteiger partial charge is 0.223 e. The number of aliphatic imine (C=N–C) groups is 1. The predicted octanol–water partition coefficient (Wildman–Crippen LogP) is 0.939. The summed E-state index contributed by atoms with van der Waals surface area (Å²) < 4.78 is 0. The van der Waals surface area contributed by atoms with E-state index in [0.717, 1.165) is 16.5 Å². The molecule has 78 valence electrons. The number of carbonyl (C=O) groups is 1. The zero-order valence-electron chi connectivity index (χ0n) is 8.34. The van der Waals surface area contributed by atoms with Crippen molar-refractivity contribution in [1.29, 1.82) is 0 Å². The molecule has 0 saturated heterocycles. The van der Waals surface area contributed by atoms with Crippen molar-refractivity contribution >= 4 is 28.1 Å². The van der Waals surface area contributed by atoms with Crippen molar-refractivity contribution in [2.75, 3.05) is 0 Å². The van der Waals surface area contributed by atoms with Gasteiger partial charge in [-0.05, 0) is 6.07 Å². The monoisotopic (exact) mass is 212 g/mol. The third-order valence-corrected chi connectivity index (χ3v) is 2.54. The fraction of sp³-hybridized carbons (Fsp3) is 0.0909. The zero-order valence-corrected chi connectivity index (χ0v) is 8.34. The van der Waals surface area contributed by atoms with E-state index in [1.54, 1.807) is 6.20 Å². The molecule has 3 rings (SSSR count). The minimum Gasteiger partial charge on any atom is -0.369 e. The lowest BCUT2D eigenvalue weighted by molar-refractivity contribution is -0.116. The number of hydrogen-bond acceptors (Lipinski definition) is 4. The van der Waals surface area contributed by atoms with E-state index in [4.69, 9.17) is 5.73 Å². The Morgan fingerprint density at radius 3 is 3.06 bits per heavy atom. The lowest BCUT2D eigenvalue weighted by Gasteiger charge is -1.99. The number of rotatable bonds is 2. The summed E-state index contributed by atoms with van der Waals surface area (Å²) in [7, 11) is 0. The number of nitrogens with two attached hydrogens (primary N) is 1. The van der Waals surface area contributed by atoms with Gasteiger partial charge in [0.2, 0.25) is 5.91 Å². The van der Waals surface area contributed by atoms with Crippen molar-refractivity contribution < 1.29 is 4.79 Å². The molecule has 1 aliphatic heterocycles. The average Bonchev–Trinajstić information content (AvgIpc) is 2.59. The Hall–Kier alpha value is -2.30. The van der Waals surface area contributed by atoms with Gasteiger partial charge in [-0.25, -0.2) is 4.99 Å². The zero-order chi connectivity index (χ0) is 11.1. The molecule has 1 aromatic carbocycles. The number of aromatic nitrogens is 2. The fourth-order valence-corrected chi connectivity index (χ4v) is 1.90. The standard InChI is InChI=1S/C11H8N4O/c12-9(16)4-8-11-10-6(5-13-15-11)2-1-3-7(10)14-8/h1-3,5H,4H2,(H2,12,16).